The largest absolute Gasteiger partial charge is 0.361 e. The minimum Gasteiger partial charge on any atom is -0.361 e. The number of rotatable bonds is 1. The monoisotopic (exact) mass is 306 g/mol. The number of dihydropyridines is 1. The van der Waals surface area contributed by atoms with Crippen LogP contribution in [0.3, 0.4) is 0 Å². The molecule has 0 spiro atoms. The number of nitriles is 1. The first kappa shape index (κ1) is 15.6. The minimum atomic E-state index is -0.236. The number of aryl methyl sites for hydroxylation is 1. The molecule has 1 atom stereocenters. The zero-order valence-corrected chi connectivity index (χ0v) is 14.2. The summed E-state index contributed by atoms with van der Waals surface area (Å²) in [5.41, 5.74) is 5.46. The lowest BCUT2D eigenvalue weighted by atomic mass is 9.69. The van der Waals surface area contributed by atoms with Gasteiger partial charge in [0.05, 0.1) is 17.6 Å². The molecule has 0 aromatic heterocycles. The summed E-state index contributed by atoms with van der Waals surface area (Å²) in [5, 5.41) is 13.0. The van der Waals surface area contributed by atoms with Crippen molar-refractivity contribution in [3.8, 4) is 6.07 Å². The van der Waals surface area contributed by atoms with Crippen LogP contribution in [-0.2, 0) is 4.79 Å². The Balaban J connectivity index is 2.17. The molecule has 1 heterocycles. The van der Waals surface area contributed by atoms with E-state index < -0.39 is 0 Å². The van der Waals surface area contributed by atoms with Crippen molar-refractivity contribution in [1.29, 1.82) is 5.26 Å². The summed E-state index contributed by atoms with van der Waals surface area (Å²) in [5.74, 6) is -0.0741. The van der Waals surface area contributed by atoms with Gasteiger partial charge in [-0.15, -0.1) is 0 Å². The Kier molecular flexibility index (Phi) is 3.64. The number of hydrogen-bond donors (Lipinski definition) is 1. The Bertz CT molecular complexity index is 773. The SMILES string of the molecule is CC1=C(C#N)C(c2ccc(C)cc2)C2=C(CC(C)(C)CC2=O)N1. The van der Waals surface area contributed by atoms with Crippen LogP contribution in [-0.4, -0.2) is 5.78 Å². The topological polar surface area (TPSA) is 52.9 Å². The third kappa shape index (κ3) is 2.70. The molecule has 1 aromatic rings. The number of nitrogens with zero attached hydrogens (tertiary/aromatic N) is 1. The maximum atomic E-state index is 12.8. The van der Waals surface area contributed by atoms with Gasteiger partial charge in [0.15, 0.2) is 5.78 Å². The molecule has 0 amide bonds. The lowest BCUT2D eigenvalue weighted by Gasteiger charge is -2.38. The second-order valence-electron chi connectivity index (χ2n) is 7.45. The van der Waals surface area contributed by atoms with E-state index >= 15 is 0 Å². The number of nitrogens with one attached hydrogen (secondary N) is 1. The van der Waals surface area contributed by atoms with Crippen LogP contribution in [0, 0.1) is 23.7 Å². The number of Topliss-reactive ketones (excluding diaryl/α,β-unsaturated/α-hetero) is 1. The Hall–Kier alpha value is -2.34. The predicted octanol–water partition coefficient (Wildman–Crippen LogP) is 4.12. The minimum absolute atomic E-state index is 0.0365. The van der Waals surface area contributed by atoms with E-state index in [2.05, 4.69) is 25.2 Å². The third-order valence-corrected chi connectivity index (χ3v) is 4.77. The van der Waals surface area contributed by atoms with Crippen LogP contribution < -0.4 is 5.32 Å². The molecule has 118 valence electrons. The molecule has 3 heteroatoms. The quantitative estimate of drug-likeness (QED) is 0.849. The Morgan fingerprint density at radius 2 is 1.83 bits per heavy atom. The molecular weight excluding hydrogens is 284 g/mol. The summed E-state index contributed by atoms with van der Waals surface area (Å²) in [6, 6.07) is 10.5. The van der Waals surface area contributed by atoms with Crippen LogP contribution >= 0.6 is 0 Å². The van der Waals surface area contributed by atoms with Gasteiger partial charge in [-0.2, -0.15) is 5.26 Å². The number of ketones is 1. The van der Waals surface area contributed by atoms with Crippen LogP contribution in [0.4, 0.5) is 0 Å². The average Bonchev–Trinajstić information content (AvgIpc) is 2.45. The number of carbonyl (C=O) groups excluding carboxylic acids is 1. The number of hydrogen-bond acceptors (Lipinski definition) is 3. The van der Waals surface area contributed by atoms with Crippen molar-refractivity contribution in [2.75, 3.05) is 0 Å². The van der Waals surface area contributed by atoms with Crippen LogP contribution in [0.25, 0.3) is 0 Å². The van der Waals surface area contributed by atoms with E-state index in [9.17, 15) is 10.1 Å². The van der Waals surface area contributed by atoms with E-state index in [4.69, 9.17) is 0 Å². The summed E-state index contributed by atoms with van der Waals surface area (Å²) in [6.45, 7) is 8.21. The maximum Gasteiger partial charge on any atom is 0.162 e. The van der Waals surface area contributed by atoms with Crippen molar-refractivity contribution in [3.05, 3.63) is 57.9 Å². The van der Waals surface area contributed by atoms with Crippen molar-refractivity contribution in [2.45, 2.75) is 46.5 Å². The summed E-state index contributed by atoms with van der Waals surface area (Å²) < 4.78 is 0. The van der Waals surface area contributed by atoms with Gasteiger partial charge in [0.2, 0.25) is 0 Å². The van der Waals surface area contributed by atoms with E-state index in [1.54, 1.807) is 0 Å². The summed E-state index contributed by atoms with van der Waals surface area (Å²) in [7, 11) is 0. The normalized spacial score (nSPS) is 23.3. The standard InChI is InChI=1S/C20H22N2O/c1-12-5-7-14(8-6-12)18-15(11-21)13(2)22-16-9-20(3,4)10-17(23)19(16)18/h5-8,18,22H,9-10H2,1-4H3. The van der Waals surface area contributed by atoms with E-state index in [0.717, 1.165) is 29.0 Å². The van der Waals surface area contributed by atoms with Gasteiger partial charge in [0, 0.05) is 23.4 Å². The fourth-order valence-electron chi connectivity index (χ4n) is 3.68. The molecular formula is C20H22N2O. The molecule has 1 N–H and O–H groups in total. The van der Waals surface area contributed by atoms with E-state index in [1.807, 2.05) is 38.1 Å². The molecule has 23 heavy (non-hydrogen) atoms. The Morgan fingerprint density at radius 3 is 2.43 bits per heavy atom. The van der Waals surface area contributed by atoms with Gasteiger partial charge in [-0.3, -0.25) is 4.79 Å². The molecule has 3 rings (SSSR count). The fraction of sp³-hybridized carbons (Fsp3) is 0.400. The lowest BCUT2D eigenvalue weighted by Crippen LogP contribution is -2.36. The van der Waals surface area contributed by atoms with Crippen molar-refractivity contribution in [2.24, 2.45) is 5.41 Å². The molecule has 3 nitrogen and oxygen atoms in total. The molecule has 2 aliphatic rings. The first-order valence-corrected chi connectivity index (χ1v) is 8.03. The van der Waals surface area contributed by atoms with Gasteiger partial charge in [-0.05, 0) is 31.2 Å². The van der Waals surface area contributed by atoms with Crippen molar-refractivity contribution < 1.29 is 4.79 Å². The molecule has 1 aromatic carbocycles. The van der Waals surface area contributed by atoms with E-state index in [-0.39, 0.29) is 17.1 Å². The number of allylic oxidation sites excluding steroid dienone is 4. The zero-order chi connectivity index (χ0) is 16.8. The molecule has 0 saturated heterocycles. The van der Waals surface area contributed by atoms with Crippen LogP contribution in [0.15, 0.2) is 46.8 Å². The maximum absolute atomic E-state index is 12.8. The van der Waals surface area contributed by atoms with Crippen LogP contribution in [0.2, 0.25) is 0 Å². The van der Waals surface area contributed by atoms with E-state index in [0.29, 0.717) is 12.0 Å². The molecule has 1 unspecified atom stereocenters. The molecule has 0 bridgehead atoms. The van der Waals surface area contributed by atoms with Crippen molar-refractivity contribution >= 4 is 5.78 Å². The Labute approximate surface area is 137 Å². The zero-order valence-electron chi connectivity index (χ0n) is 14.2. The van der Waals surface area contributed by atoms with Crippen molar-refractivity contribution in [3.63, 3.8) is 0 Å². The second kappa shape index (κ2) is 5.38. The first-order chi connectivity index (χ1) is 10.8. The van der Waals surface area contributed by atoms with Gasteiger partial charge in [0.1, 0.15) is 0 Å². The summed E-state index contributed by atoms with van der Waals surface area (Å²) >= 11 is 0. The highest BCUT2D eigenvalue weighted by Gasteiger charge is 2.40. The average molecular weight is 306 g/mol. The summed E-state index contributed by atoms with van der Waals surface area (Å²) in [4.78, 5) is 12.8. The number of benzene rings is 1. The van der Waals surface area contributed by atoms with E-state index in [1.165, 1.54) is 5.56 Å². The van der Waals surface area contributed by atoms with Crippen LogP contribution in [0.1, 0.15) is 50.7 Å². The third-order valence-electron chi connectivity index (χ3n) is 4.77. The van der Waals surface area contributed by atoms with Gasteiger partial charge in [-0.1, -0.05) is 43.7 Å². The lowest BCUT2D eigenvalue weighted by molar-refractivity contribution is -0.118. The smallest absolute Gasteiger partial charge is 0.162 e. The van der Waals surface area contributed by atoms with Gasteiger partial charge < -0.3 is 5.32 Å². The molecule has 1 aliphatic carbocycles. The number of carbonyl (C=O) groups is 1. The Morgan fingerprint density at radius 1 is 1.17 bits per heavy atom. The highest BCUT2D eigenvalue weighted by molar-refractivity contribution is 6.00. The highest BCUT2D eigenvalue weighted by atomic mass is 16.1. The van der Waals surface area contributed by atoms with Gasteiger partial charge in [-0.25, -0.2) is 0 Å². The predicted molar refractivity (Wildman–Crippen MR) is 90.4 cm³/mol. The molecule has 0 radical (unpaired) electrons. The van der Waals surface area contributed by atoms with Crippen molar-refractivity contribution in [1.82, 2.24) is 5.32 Å². The summed E-state index contributed by atoms with van der Waals surface area (Å²) in [6.07, 6.45) is 1.38. The fourth-order valence-corrected chi connectivity index (χ4v) is 3.68. The first-order valence-electron chi connectivity index (χ1n) is 8.03. The molecule has 1 aliphatic heterocycles. The molecule has 0 fully saturated rings. The second-order valence-corrected chi connectivity index (χ2v) is 7.45. The van der Waals surface area contributed by atoms with Crippen LogP contribution in [0.5, 0.6) is 0 Å². The highest BCUT2D eigenvalue weighted by Crippen LogP contribution is 2.46. The van der Waals surface area contributed by atoms with Gasteiger partial charge in [0.25, 0.3) is 0 Å². The molecule has 0 saturated carbocycles. The van der Waals surface area contributed by atoms with Gasteiger partial charge >= 0.3 is 0 Å².